The predicted molar refractivity (Wildman–Crippen MR) is 69.4 cm³/mol. The molecule has 0 bridgehead atoms. The Kier molecular flexibility index (Phi) is 2.53. The Labute approximate surface area is 103 Å². The molecule has 0 aliphatic heterocycles. The van der Waals surface area contributed by atoms with Crippen molar-refractivity contribution in [3.8, 4) is 0 Å². The van der Waals surface area contributed by atoms with E-state index in [1.807, 2.05) is 24.4 Å². The van der Waals surface area contributed by atoms with E-state index in [0.717, 1.165) is 12.2 Å². The van der Waals surface area contributed by atoms with Crippen molar-refractivity contribution in [2.24, 2.45) is 0 Å². The summed E-state index contributed by atoms with van der Waals surface area (Å²) >= 11 is 1.79. The Balaban J connectivity index is 1.76. The first-order valence-corrected chi connectivity index (χ1v) is 6.23. The molecule has 0 aliphatic carbocycles. The minimum absolute atomic E-state index is 0.669. The van der Waals surface area contributed by atoms with Crippen molar-refractivity contribution >= 4 is 22.9 Å². The van der Waals surface area contributed by atoms with E-state index in [2.05, 4.69) is 34.5 Å². The Morgan fingerprint density at radius 1 is 1.29 bits per heavy atom. The number of fused-ring (bicyclic) bond motifs is 1. The van der Waals surface area contributed by atoms with Crippen LogP contribution in [0.2, 0.25) is 0 Å². The van der Waals surface area contributed by atoms with Gasteiger partial charge in [-0.25, -0.2) is 4.52 Å². The number of aryl methyl sites for hydroxylation is 1. The van der Waals surface area contributed by atoms with Gasteiger partial charge in [0.05, 0.1) is 6.54 Å². The maximum absolute atomic E-state index is 4.38. The molecule has 0 aliphatic rings. The lowest BCUT2D eigenvalue weighted by molar-refractivity contribution is 0.952. The third-order valence-corrected chi connectivity index (χ3v) is 3.46. The van der Waals surface area contributed by atoms with Gasteiger partial charge in [-0.2, -0.15) is 4.98 Å². The zero-order valence-electron chi connectivity index (χ0n) is 9.42. The fourth-order valence-corrected chi connectivity index (χ4v) is 2.48. The van der Waals surface area contributed by atoms with E-state index in [1.165, 1.54) is 9.75 Å². The van der Waals surface area contributed by atoms with Crippen LogP contribution in [0.15, 0.2) is 36.5 Å². The minimum Gasteiger partial charge on any atom is -0.348 e. The Hall–Kier alpha value is -1.88. The summed E-state index contributed by atoms with van der Waals surface area (Å²) in [6, 6.07) is 10.1. The molecule has 1 N–H and O–H groups in total. The molecule has 86 valence electrons. The Morgan fingerprint density at radius 2 is 2.24 bits per heavy atom. The van der Waals surface area contributed by atoms with Crippen molar-refractivity contribution in [2.45, 2.75) is 13.5 Å². The van der Waals surface area contributed by atoms with Crippen LogP contribution >= 0.6 is 11.3 Å². The van der Waals surface area contributed by atoms with Gasteiger partial charge in [0.2, 0.25) is 5.95 Å². The van der Waals surface area contributed by atoms with Crippen molar-refractivity contribution in [1.82, 2.24) is 14.6 Å². The summed E-state index contributed by atoms with van der Waals surface area (Å²) < 4.78 is 1.77. The number of rotatable bonds is 3. The first kappa shape index (κ1) is 10.3. The van der Waals surface area contributed by atoms with Crippen LogP contribution in [0, 0.1) is 6.92 Å². The molecular weight excluding hydrogens is 232 g/mol. The highest BCUT2D eigenvalue weighted by atomic mass is 32.1. The molecule has 3 rings (SSSR count). The standard InChI is InChI=1S/C12H12N4S/c1-9-5-6-10(17-9)8-13-12-14-11-4-2-3-7-16(11)15-12/h2-7H,8H2,1H3,(H,13,15). The molecule has 3 aromatic heterocycles. The van der Waals surface area contributed by atoms with Crippen molar-refractivity contribution in [1.29, 1.82) is 0 Å². The highest BCUT2D eigenvalue weighted by Crippen LogP contribution is 2.16. The fourth-order valence-electron chi connectivity index (χ4n) is 1.65. The molecule has 3 aromatic rings. The Morgan fingerprint density at radius 3 is 3.00 bits per heavy atom. The smallest absolute Gasteiger partial charge is 0.243 e. The van der Waals surface area contributed by atoms with E-state index in [-0.39, 0.29) is 0 Å². The lowest BCUT2D eigenvalue weighted by Gasteiger charge is -1.97. The van der Waals surface area contributed by atoms with Gasteiger partial charge in [0.1, 0.15) is 0 Å². The number of pyridine rings is 1. The number of thiophene rings is 1. The maximum atomic E-state index is 4.38. The second-order valence-corrected chi connectivity index (χ2v) is 5.18. The normalized spacial score (nSPS) is 10.9. The molecule has 0 fully saturated rings. The molecule has 17 heavy (non-hydrogen) atoms. The summed E-state index contributed by atoms with van der Waals surface area (Å²) in [4.78, 5) is 7.00. The fraction of sp³-hybridized carbons (Fsp3) is 0.167. The Bertz CT molecular complexity index is 608. The molecule has 0 aromatic carbocycles. The number of aromatic nitrogens is 3. The van der Waals surface area contributed by atoms with E-state index in [4.69, 9.17) is 0 Å². The van der Waals surface area contributed by atoms with Crippen LogP contribution in [0.5, 0.6) is 0 Å². The summed E-state index contributed by atoms with van der Waals surface area (Å²) in [6.07, 6.45) is 1.89. The average Bonchev–Trinajstić information content (AvgIpc) is 2.91. The number of nitrogens with one attached hydrogen (secondary N) is 1. The van der Waals surface area contributed by atoms with Gasteiger partial charge in [-0.05, 0) is 31.2 Å². The number of hydrogen-bond acceptors (Lipinski definition) is 4. The van der Waals surface area contributed by atoms with Crippen LogP contribution in [-0.2, 0) is 6.54 Å². The highest BCUT2D eigenvalue weighted by Gasteiger charge is 2.02. The van der Waals surface area contributed by atoms with Gasteiger partial charge in [0, 0.05) is 16.0 Å². The van der Waals surface area contributed by atoms with Crippen molar-refractivity contribution in [2.75, 3.05) is 5.32 Å². The molecule has 0 atom stereocenters. The quantitative estimate of drug-likeness (QED) is 0.770. The average molecular weight is 244 g/mol. The highest BCUT2D eigenvalue weighted by molar-refractivity contribution is 7.11. The van der Waals surface area contributed by atoms with Gasteiger partial charge in [0.25, 0.3) is 0 Å². The molecule has 0 saturated heterocycles. The lowest BCUT2D eigenvalue weighted by atomic mass is 10.4. The topological polar surface area (TPSA) is 42.2 Å². The van der Waals surface area contributed by atoms with Crippen molar-refractivity contribution < 1.29 is 0 Å². The van der Waals surface area contributed by atoms with Crippen LogP contribution in [0.25, 0.3) is 5.65 Å². The summed E-state index contributed by atoms with van der Waals surface area (Å²) in [5.74, 6) is 0.669. The zero-order chi connectivity index (χ0) is 11.7. The van der Waals surface area contributed by atoms with E-state index in [9.17, 15) is 0 Å². The van der Waals surface area contributed by atoms with E-state index < -0.39 is 0 Å². The predicted octanol–water partition coefficient (Wildman–Crippen LogP) is 2.71. The second kappa shape index (κ2) is 4.18. The molecule has 4 nitrogen and oxygen atoms in total. The summed E-state index contributed by atoms with van der Waals surface area (Å²) in [6.45, 7) is 2.88. The molecule has 0 amide bonds. The van der Waals surface area contributed by atoms with Crippen LogP contribution < -0.4 is 5.32 Å². The van der Waals surface area contributed by atoms with Crippen LogP contribution in [0.4, 0.5) is 5.95 Å². The van der Waals surface area contributed by atoms with E-state index in [0.29, 0.717) is 5.95 Å². The molecule has 0 radical (unpaired) electrons. The molecule has 0 unspecified atom stereocenters. The third kappa shape index (κ3) is 2.14. The largest absolute Gasteiger partial charge is 0.348 e. The number of anilines is 1. The zero-order valence-corrected chi connectivity index (χ0v) is 10.2. The molecule has 3 heterocycles. The summed E-state index contributed by atoms with van der Waals surface area (Å²) in [7, 11) is 0. The molecule has 5 heteroatoms. The second-order valence-electron chi connectivity index (χ2n) is 3.80. The van der Waals surface area contributed by atoms with Gasteiger partial charge in [-0.15, -0.1) is 16.4 Å². The van der Waals surface area contributed by atoms with Gasteiger partial charge >= 0.3 is 0 Å². The van der Waals surface area contributed by atoms with Crippen molar-refractivity contribution in [3.63, 3.8) is 0 Å². The first-order valence-electron chi connectivity index (χ1n) is 5.42. The molecule has 0 spiro atoms. The van der Waals surface area contributed by atoms with Gasteiger partial charge in [0.15, 0.2) is 5.65 Å². The number of hydrogen-bond donors (Lipinski definition) is 1. The first-order chi connectivity index (χ1) is 8.31. The lowest BCUT2D eigenvalue weighted by Crippen LogP contribution is -1.99. The van der Waals surface area contributed by atoms with Gasteiger partial charge < -0.3 is 5.32 Å². The minimum atomic E-state index is 0.669. The van der Waals surface area contributed by atoms with Gasteiger partial charge in [-0.3, -0.25) is 0 Å². The van der Waals surface area contributed by atoms with Crippen LogP contribution in [0.3, 0.4) is 0 Å². The maximum Gasteiger partial charge on any atom is 0.243 e. The summed E-state index contributed by atoms with van der Waals surface area (Å²) in [5.41, 5.74) is 0.859. The molecular formula is C12H12N4S. The van der Waals surface area contributed by atoms with E-state index >= 15 is 0 Å². The molecule has 0 saturated carbocycles. The summed E-state index contributed by atoms with van der Waals surface area (Å²) in [5, 5.41) is 7.56. The van der Waals surface area contributed by atoms with Crippen molar-refractivity contribution in [3.05, 3.63) is 46.3 Å². The third-order valence-electron chi connectivity index (χ3n) is 2.46. The van der Waals surface area contributed by atoms with E-state index in [1.54, 1.807) is 15.9 Å². The van der Waals surface area contributed by atoms with Crippen LogP contribution in [-0.4, -0.2) is 14.6 Å². The SMILES string of the molecule is Cc1ccc(CNc2nc3ccccn3n2)s1. The van der Waals surface area contributed by atoms with Gasteiger partial charge in [-0.1, -0.05) is 6.07 Å². The monoisotopic (exact) mass is 244 g/mol. The van der Waals surface area contributed by atoms with Crippen LogP contribution in [0.1, 0.15) is 9.75 Å². The number of nitrogens with zero attached hydrogens (tertiary/aromatic N) is 3.